The molecule has 0 spiro atoms. The summed E-state index contributed by atoms with van der Waals surface area (Å²) in [5.41, 5.74) is 0.608. The number of piperidine rings is 1. The Bertz CT molecular complexity index is 1170. The molecule has 7 atom stereocenters. The van der Waals surface area contributed by atoms with E-state index in [2.05, 4.69) is 27.2 Å². The number of nitrogens with one attached hydrogen (secondary N) is 1. The van der Waals surface area contributed by atoms with Crippen molar-refractivity contribution in [2.24, 2.45) is 17.8 Å². The molecule has 3 aliphatic heterocycles. The Morgan fingerprint density at radius 3 is 2.13 bits per heavy atom. The maximum atomic E-state index is 13.5. The van der Waals surface area contributed by atoms with Crippen LogP contribution in [0.2, 0.25) is 0 Å². The summed E-state index contributed by atoms with van der Waals surface area (Å²) < 4.78 is 31.5. The predicted molar refractivity (Wildman–Crippen MR) is 148 cm³/mol. The number of nitrogens with zero attached hydrogens (tertiary/aromatic N) is 3. The Morgan fingerprint density at radius 2 is 1.56 bits per heavy atom. The van der Waals surface area contributed by atoms with Crippen molar-refractivity contribution in [3.05, 3.63) is 24.3 Å². The normalized spacial score (nSPS) is 39.7. The molecule has 6 bridgehead atoms. The lowest BCUT2D eigenvalue weighted by Gasteiger charge is -2.58. The van der Waals surface area contributed by atoms with Crippen molar-refractivity contribution in [2.75, 3.05) is 37.3 Å². The number of rotatable bonds is 5. The topological polar surface area (TPSA) is 102 Å². The molecular weight excluding hydrogens is 516 g/mol. The zero-order valence-corrected chi connectivity index (χ0v) is 23.7. The minimum absolute atomic E-state index is 0.103. The minimum atomic E-state index is -3.13. The van der Waals surface area contributed by atoms with E-state index in [9.17, 15) is 18.3 Å². The molecule has 214 valence electrons. The molecule has 10 heteroatoms. The molecule has 1 aromatic rings. The first-order chi connectivity index (χ1) is 18.6. The second-order valence-corrected chi connectivity index (χ2v) is 15.3. The average Bonchev–Trinajstić information content (AvgIpc) is 3.15. The van der Waals surface area contributed by atoms with Gasteiger partial charge in [-0.25, -0.2) is 13.2 Å². The van der Waals surface area contributed by atoms with E-state index in [-0.39, 0.29) is 30.3 Å². The van der Waals surface area contributed by atoms with Gasteiger partial charge in [0.05, 0.1) is 11.9 Å². The summed E-state index contributed by atoms with van der Waals surface area (Å²) in [6.45, 7) is 2.38. The van der Waals surface area contributed by atoms with Gasteiger partial charge in [-0.3, -0.25) is 0 Å². The largest absolute Gasteiger partial charge is 0.490 e. The molecule has 39 heavy (non-hydrogen) atoms. The third kappa shape index (κ3) is 4.90. The van der Waals surface area contributed by atoms with Crippen LogP contribution >= 0.6 is 0 Å². The highest BCUT2D eigenvalue weighted by Gasteiger charge is 2.55. The fourth-order valence-corrected chi connectivity index (χ4v) is 10.0. The third-order valence-corrected chi connectivity index (χ3v) is 12.0. The van der Waals surface area contributed by atoms with E-state index in [1.807, 2.05) is 12.1 Å². The van der Waals surface area contributed by atoms with Crippen LogP contribution < -0.4 is 15.0 Å². The number of piperazine rings is 1. The monoisotopic (exact) mass is 558 g/mol. The number of hydrogen-bond donors (Lipinski definition) is 2. The molecule has 4 saturated carbocycles. The highest BCUT2D eigenvalue weighted by atomic mass is 32.2. The van der Waals surface area contributed by atoms with Gasteiger partial charge in [0.25, 0.3) is 0 Å². The smallest absolute Gasteiger partial charge is 0.318 e. The molecule has 0 aromatic heterocycles. The van der Waals surface area contributed by atoms with E-state index in [0.717, 1.165) is 69.2 Å². The fraction of sp³-hybridized carbons (Fsp3) is 0.759. The molecule has 9 nitrogen and oxygen atoms in total. The second-order valence-electron chi connectivity index (χ2n) is 13.3. The number of hydrogen-bond acceptors (Lipinski definition) is 6. The first-order valence-electron chi connectivity index (χ1n) is 14.9. The Kier molecular flexibility index (Phi) is 6.32. The molecule has 3 saturated heterocycles. The number of aliphatic hydroxyl groups is 1. The number of fused-ring (bicyclic) bond motifs is 2. The van der Waals surface area contributed by atoms with Gasteiger partial charge in [0.1, 0.15) is 11.9 Å². The summed E-state index contributed by atoms with van der Waals surface area (Å²) in [6.07, 6.45) is 10.1. The minimum Gasteiger partial charge on any atom is -0.490 e. The van der Waals surface area contributed by atoms with E-state index in [1.54, 1.807) is 0 Å². The van der Waals surface area contributed by atoms with Crippen molar-refractivity contribution in [3.8, 4) is 5.75 Å². The van der Waals surface area contributed by atoms with Crippen LogP contribution in [0.1, 0.15) is 57.8 Å². The molecule has 3 heterocycles. The SMILES string of the molecule is CS(=O)(=O)N1CCN(c2ccc(OC3CC4CCC(C3)N4C(=O)NC3[C@@H]4CC5C[C@H]3CC(O)(C5)C4)cc2)CC1. The van der Waals surface area contributed by atoms with Crippen LogP contribution in [0.25, 0.3) is 0 Å². The van der Waals surface area contributed by atoms with Gasteiger partial charge in [0.2, 0.25) is 10.0 Å². The first kappa shape index (κ1) is 25.9. The van der Waals surface area contributed by atoms with Gasteiger partial charge in [-0.05, 0) is 87.0 Å². The second kappa shape index (κ2) is 9.52. The van der Waals surface area contributed by atoms with Gasteiger partial charge < -0.3 is 25.0 Å². The molecule has 8 rings (SSSR count). The van der Waals surface area contributed by atoms with Gasteiger partial charge in [0.15, 0.2) is 0 Å². The van der Waals surface area contributed by atoms with Gasteiger partial charge in [-0.1, -0.05) is 0 Å². The highest BCUT2D eigenvalue weighted by molar-refractivity contribution is 7.88. The third-order valence-electron chi connectivity index (χ3n) is 10.7. The summed E-state index contributed by atoms with van der Waals surface area (Å²) in [5.74, 6) is 2.34. The van der Waals surface area contributed by atoms with Crippen LogP contribution in [0.4, 0.5) is 10.5 Å². The van der Waals surface area contributed by atoms with Gasteiger partial charge in [0, 0.05) is 62.8 Å². The maximum Gasteiger partial charge on any atom is 0.318 e. The van der Waals surface area contributed by atoms with Crippen molar-refractivity contribution < 1.29 is 23.1 Å². The number of amides is 2. The number of ether oxygens (including phenoxy) is 1. The Morgan fingerprint density at radius 1 is 0.949 bits per heavy atom. The lowest BCUT2D eigenvalue weighted by molar-refractivity contribution is -0.137. The van der Waals surface area contributed by atoms with Crippen LogP contribution in [-0.4, -0.2) is 91.0 Å². The van der Waals surface area contributed by atoms with E-state index in [0.29, 0.717) is 43.9 Å². The molecule has 2 N–H and O–H groups in total. The molecule has 4 aliphatic carbocycles. The lowest BCUT2D eigenvalue weighted by Crippen LogP contribution is -2.64. The summed E-state index contributed by atoms with van der Waals surface area (Å²) in [4.78, 5) is 17.9. The quantitative estimate of drug-likeness (QED) is 0.576. The van der Waals surface area contributed by atoms with Crippen LogP contribution in [0.5, 0.6) is 5.75 Å². The van der Waals surface area contributed by atoms with Crippen molar-refractivity contribution >= 4 is 21.7 Å². The number of benzene rings is 1. The summed E-state index contributed by atoms with van der Waals surface area (Å²) in [7, 11) is -3.13. The van der Waals surface area contributed by atoms with Gasteiger partial charge in [-0.15, -0.1) is 0 Å². The van der Waals surface area contributed by atoms with E-state index in [1.165, 1.54) is 10.6 Å². The zero-order chi connectivity index (χ0) is 26.9. The fourth-order valence-electron chi connectivity index (χ4n) is 9.20. The Hall–Kier alpha value is -2.04. The van der Waals surface area contributed by atoms with Gasteiger partial charge >= 0.3 is 6.03 Å². The molecular formula is C29H42N4O5S. The van der Waals surface area contributed by atoms with Crippen molar-refractivity contribution in [1.29, 1.82) is 0 Å². The Labute approximate surface area is 231 Å². The zero-order valence-electron chi connectivity index (χ0n) is 22.9. The maximum absolute atomic E-state index is 13.5. The lowest BCUT2D eigenvalue weighted by atomic mass is 9.52. The summed E-state index contributed by atoms with van der Waals surface area (Å²) in [6, 6.07) is 8.91. The van der Waals surface area contributed by atoms with Crippen LogP contribution in [0.3, 0.4) is 0 Å². The number of urea groups is 1. The molecule has 7 fully saturated rings. The van der Waals surface area contributed by atoms with Crippen LogP contribution in [0, 0.1) is 17.8 Å². The molecule has 1 aromatic carbocycles. The van der Waals surface area contributed by atoms with Crippen LogP contribution in [0.15, 0.2) is 24.3 Å². The number of carbonyl (C=O) groups excluding carboxylic acids is 1. The van der Waals surface area contributed by atoms with Crippen molar-refractivity contribution in [3.63, 3.8) is 0 Å². The average molecular weight is 559 g/mol. The number of carbonyl (C=O) groups is 1. The molecule has 5 unspecified atom stereocenters. The number of sulfonamides is 1. The summed E-state index contributed by atoms with van der Waals surface area (Å²) in [5, 5.41) is 14.4. The van der Waals surface area contributed by atoms with Crippen LogP contribution in [-0.2, 0) is 10.0 Å². The number of anilines is 1. The van der Waals surface area contributed by atoms with Gasteiger partial charge in [-0.2, -0.15) is 4.31 Å². The molecule has 7 aliphatic rings. The van der Waals surface area contributed by atoms with Crippen molar-refractivity contribution in [2.45, 2.75) is 87.6 Å². The van der Waals surface area contributed by atoms with Crippen molar-refractivity contribution in [1.82, 2.24) is 14.5 Å². The van der Waals surface area contributed by atoms with E-state index in [4.69, 9.17) is 4.74 Å². The first-order valence-corrected chi connectivity index (χ1v) is 16.8. The molecule has 2 amide bonds. The predicted octanol–water partition coefficient (Wildman–Crippen LogP) is 2.79. The Balaban J connectivity index is 0.931. The highest BCUT2D eigenvalue weighted by Crippen LogP contribution is 2.55. The standard InChI is InChI=1S/C29H42N4O5S/c1-39(36,37)32-10-8-31(9-11-32)22-4-6-25(7-5-22)38-26-14-23-2-3-24(15-26)33(23)28(34)30-27-20-12-19-13-21(27)18-29(35,16-19)17-20/h4-7,19-21,23-24,26-27,35H,2-3,8-18H2,1H3,(H,30,34)/t19?,20-,21+,23?,24?,26?,27?,29?. The summed E-state index contributed by atoms with van der Waals surface area (Å²) >= 11 is 0. The van der Waals surface area contributed by atoms with E-state index < -0.39 is 15.6 Å². The van der Waals surface area contributed by atoms with E-state index >= 15 is 0 Å². The molecule has 0 radical (unpaired) electrons.